The fraction of sp³-hybridized carbons (Fsp3) is 0.562. The summed E-state index contributed by atoms with van der Waals surface area (Å²) in [4.78, 5) is 33.0. The standard InChI is InChI=1S/C16H21N5O2/c1-10-5-14(19-18-10)16(23)20-7-11-8-21(15(22)13(11)9-20)12-3-2-4-17-6-12/h2-4,6,10-11,13-14,18-19H,5,7-9H2,1H3/t10?,11-,13-,14?/m1/s1. The molecule has 3 saturated heterocycles. The molecule has 3 aliphatic rings. The first-order valence-corrected chi connectivity index (χ1v) is 8.14. The summed E-state index contributed by atoms with van der Waals surface area (Å²) >= 11 is 0. The van der Waals surface area contributed by atoms with Crippen LogP contribution in [0.15, 0.2) is 24.5 Å². The molecular formula is C16H21N5O2. The number of rotatable bonds is 2. The van der Waals surface area contributed by atoms with Crippen LogP contribution in [0.5, 0.6) is 0 Å². The summed E-state index contributed by atoms with van der Waals surface area (Å²) in [5.41, 5.74) is 6.98. The third-order valence-corrected chi connectivity index (χ3v) is 5.10. The van der Waals surface area contributed by atoms with Crippen molar-refractivity contribution < 1.29 is 9.59 Å². The van der Waals surface area contributed by atoms with Crippen LogP contribution in [0.25, 0.3) is 0 Å². The van der Waals surface area contributed by atoms with E-state index >= 15 is 0 Å². The zero-order chi connectivity index (χ0) is 16.0. The van der Waals surface area contributed by atoms with Crippen LogP contribution in [0.4, 0.5) is 5.69 Å². The van der Waals surface area contributed by atoms with E-state index < -0.39 is 0 Å². The van der Waals surface area contributed by atoms with E-state index in [4.69, 9.17) is 0 Å². The summed E-state index contributed by atoms with van der Waals surface area (Å²) in [6, 6.07) is 3.87. The van der Waals surface area contributed by atoms with E-state index in [0.717, 1.165) is 12.1 Å². The van der Waals surface area contributed by atoms with Crippen molar-refractivity contribution in [2.24, 2.45) is 11.8 Å². The molecule has 4 atom stereocenters. The number of pyridine rings is 1. The number of hydrogen-bond acceptors (Lipinski definition) is 5. The lowest BCUT2D eigenvalue weighted by atomic mass is 10.0. The molecule has 3 fully saturated rings. The number of likely N-dealkylation sites (tertiary alicyclic amines) is 1. The van der Waals surface area contributed by atoms with Gasteiger partial charge in [-0.15, -0.1) is 0 Å². The molecule has 0 saturated carbocycles. The quantitative estimate of drug-likeness (QED) is 0.787. The number of nitrogens with zero attached hydrogens (tertiary/aromatic N) is 3. The minimum Gasteiger partial charge on any atom is -0.340 e. The predicted octanol–water partition coefficient (Wildman–Crippen LogP) is -0.242. The highest BCUT2D eigenvalue weighted by molar-refractivity contribution is 5.98. The van der Waals surface area contributed by atoms with Gasteiger partial charge in [-0.1, -0.05) is 0 Å². The van der Waals surface area contributed by atoms with Gasteiger partial charge in [0, 0.05) is 37.8 Å². The molecule has 1 aromatic heterocycles. The van der Waals surface area contributed by atoms with Gasteiger partial charge in [0.2, 0.25) is 11.8 Å². The van der Waals surface area contributed by atoms with Crippen LogP contribution in [-0.4, -0.2) is 53.4 Å². The average molecular weight is 315 g/mol. The first-order valence-electron chi connectivity index (χ1n) is 8.14. The normalized spacial score (nSPS) is 33.3. The maximum atomic E-state index is 12.7. The molecule has 4 heterocycles. The van der Waals surface area contributed by atoms with Gasteiger partial charge in [-0.2, -0.15) is 0 Å². The Labute approximate surface area is 135 Å². The lowest BCUT2D eigenvalue weighted by molar-refractivity contribution is -0.132. The minimum atomic E-state index is -0.173. The third-order valence-electron chi connectivity index (χ3n) is 5.10. The van der Waals surface area contributed by atoms with Gasteiger partial charge in [-0.05, 0) is 25.5 Å². The molecule has 0 spiro atoms. The molecule has 4 rings (SSSR count). The molecule has 2 unspecified atom stereocenters. The van der Waals surface area contributed by atoms with Crippen molar-refractivity contribution in [2.75, 3.05) is 24.5 Å². The molecule has 0 radical (unpaired) electrons. The van der Waals surface area contributed by atoms with Crippen LogP contribution in [0.3, 0.4) is 0 Å². The van der Waals surface area contributed by atoms with Crippen molar-refractivity contribution in [1.29, 1.82) is 0 Å². The van der Waals surface area contributed by atoms with Gasteiger partial charge in [0.1, 0.15) is 6.04 Å². The number of carbonyl (C=O) groups is 2. The Bertz CT molecular complexity index is 622. The number of nitrogens with one attached hydrogen (secondary N) is 2. The zero-order valence-corrected chi connectivity index (χ0v) is 13.1. The van der Waals surface area contributed by atoms with E-state index in [2.05, 4.69) is 15.8 Å². The van der Waals surface area contributed by atoms with Crippen LogP contribution in [0.1, 0.15) is 13.3 Å². The van der Waals surface area contributed by atoms with Crippen LogP contribution in [0.2, 0.25) is 0 Å². The predicted molar refractivity (Wildman–Crippen MR) is 84.3 cm³/mol. The second-order valence-electron chi connectivity index (χ2n) is 6.75. The van der Waals surface area contributed by atoms with Crippen LogP contribution in [-0.2, 0) is 9.59 Å². The molecule has 3 aliphatic heterocycles. The fourth-order valence-corrected chi connectivity index (χ4v) is 3.88. The van der Waals surface area contributed by atoms with Crippen molar-refractivity contribution in [1.82, 2.24) is 20.7 Å². The molecule has 7 nitrogen and oxygen atoms in total. The first kappa shape index (κ1) is 14.6. The molecule has 23 heavy (non-hydrogen) atoms. The van der Waals surface area contributed by atoms with Gasteiger partial charge in [-0.3, -0.25) is 20.0 Å². The maximum Gasteiger partial charge on any atom is 0.241 e. The van der Waals surface area contributed by atoms with E-state index in [1.807, 2.05) is 28.9 Å². The summed E-state index contributed by atoms with van der Waals surface area (Å²) in [7, 11) is 0. The molecule has 1 aromatic rings. The molecule has 7 heteroatoms. The topological polar surface area (TPSA) is 77.6 Å². The second-order valence-corrected chi connectivity index (χ2v) is 6.75. The van der Waals surface area contributed by atoms with E-state index in [1.54, 1.807) is 12.4 Å². The summed E-state index contributed by atoms with van der Waals surface area (Å²) < 4.78 is 0. The van der Waals surface area contributed by atoms with E-state index in [9.17, 15) is 9.59 Å². The molecule has 2 amide bonds. The lowest BCUT2D eigenvalue weighted by Crippen LogP contribution is -2.46. The fourth-order valence-electron chi connectivity index (χ4n) is 3.88. The maximum absolute atomic E-state index is 12.7. The monoisotopic (exact) mass is 315 g/mol. The number of carbonyl (C=O) groups excluding carboxylic acids is 2. The smallest absolute Gasteiger partial charge is 0.241 e. The highest BCUT2D eigenvalue weighted by Crippen LogP contribution is 2.35. The van der Waals surface area contributed by atoms with Crippen molar-refractivity contribution in [3.8, 4) is 0 Å². The number of aromatic nitrogens is 1. The average Bonchev–Trinajstić information content (AvgIpc) is 3.24. The first-order chi connectivity index (χ1) is 11.1. The zero-order valence-electron chi connectivity index (χ0n) is 13.1. The largest absolute Gasteiger partial charge is 0.340 e. The number of hydrogen-bond donors (Lipinski definition) is 2. The second kappa shape index (κ2) is 5.58. The van der Waals surface area contributed by atoms with E-state index in [1.165, 1.54) is 0 Å². The van der Waals surface area contributed by atoms with E-state index in [0.29, 0.717) is 25.7 Å². The van der Waals surface area contributed by atoms with Gasteiger partial charge in [0.15, 0.2) is 0 Å². The number of amides is 2. The van der Waals surface area contributed by atoms with Crippen LogP contribution >= 0.6 is 0 Å². The third kappa shape index (κ3) is 2.49. The highest BCUT2D eigenvalue weighted by Gasteiger charge is 2.48. The highest BCUT2D eigenvalue weighted by atomic mass is 16.2. The molecule has 0 aromatic carbocycles. The van der Waals surface area contributed by atoms with Gasteiger partial charge < -0.3 is 9.80 Å². The Morgan fingerprint density at radius 1 is 1.30 bits per heavy atom. The van der Waals surface area contributed by atoms with Crippen LogP contribution in [0, 0.1) is 11.8 Å². The Balaban J connectivity index is 1.43. The Hall–Kier alpha value is -1.99. The van der Waals surface area contributed by atoms with E-state index in [-0.39, 0.29) is 29.7 Å². The summed E-state index contributed by atoms with van der Waals surface area (Å²) in [6.07, 6.45) is 4.21. The lowest BCUT2D eigenvalue weighted by Gasteiger charge is -2.23. The van der Waals surface area contributed by atoms with Crippen molar-refractivity contribution in [2.45, 2.75) is 25.4 Å². The molecule has 0 bridgehead atoms. The van der Waals surface area contributed by atoms with Crippen molar-refractivity contribution >= 4 is 17.5 Å². The SMILES string of the molecule is CC1CC(C(=O)N2C[C@@H]3CN(c4cccnc4)C(=O)[C@@H]3C2)NN1. The molecule has 0 aliphatic carbocycles. The van der Waals surface area contributed by atoms with Crippen molar-refractivity contribution in [3.63, 3.8) is 0 Å². The van der Waals surface area contributed by atoms with Crippen molar-refractivity contribution in [3.05, 3.63) is 24.5 Å². The van der Waals surface area contributed by atoms with Gasteiger partial charge >= 0.3 is 0 Å². The van der Waals surface area contributed by atoms with Crippen LogP contribution < -0.4 is 15.8 Å². The van der Waals surface area contributed by atoms with Gasteiger partial charge in [-0.25, -0.2) is 5.43 Å². The number of anilines is 1. The minimum absolute atomic E-state index is 0.0778. The Morgan fingerprint density at radius 3 is 2.83 bits per heavy atom. The summed E-state index contributed by atoms with van der Waals surface area (Å²) in [6.45, 7) is 3.92. The molecule has 2 N–H and O–H groups in total. The number of hydrazine groups is 1. The van der Waals surface area contributed by atoms with Gasteiger partial charge in [0.25, 0.3) is 0 Å². The summed E-state index contributed by atoms with van der Waals surface area (Å²) in [5, 5.41) is 0. The van der Waals surface area contributed by atoms with Gasteiger partial charge in [0.05, 0.1) is 17.8 Å². The number of fused-ring (bicyclic) bond motifs is 1. The Morgan fingerprint density at radius 2 is 2.17 bits per heavy atom. The Kier molecular flexibility index (Phi) is 3.54. The summed E-state index contributed by atoms with van der Waals surface area (Å²) in [5.74, 6) is 0.366. The molecular weight excluding hydrogens is 294 g/mol. The molecule has 122 valence electrons.